The summed E-state index contributed by atoms with van der Waals surface area (Å²) in [5.41, 5.74) is 1.05. The zero-order valence-corrected chi connectivity index (χ0v) is 14.9. The maximum absolute atomic E-state index is 12.5. The molecule has 0 radical (unpaired) electrons. The zero-order valence-electron chi connectivity index (χ0n) is 14.1. The van der Waals surface area contributed by atoms with E-state index in [0.717, 1.165) is 24.4 Å². The number of nitrogens with zero attached hydrogens (tertiary/aromatic N) is 1. The highest BCUT2D eigenvalue weighted by Gasteiger charge is 2.29. The lowest BCUT2D eigenvalue weighted by molar-refractivity contribution is -0.136. The summed E-state index contributed by atoms with van der Waals surface area (Å²) in [6.07, 6.45) is 0.574. The molecule has 1 aliphatic heterocycles. The number of benzene rings is 1. The Bertz CT molecular complexity index is 496. The minimum absolute atomic E-state index is 0. The van der Waals surface area contributed by atoms with Crippen LogP contribution in [0.5, 0.6) is 5.75 Å². The summed E-state index contributed by atoms with van der Waals surface area (Å²) in [5.74, 6) is 0.963. The average molecular weight is 343 g/mol. The van der Waals surface area contributed by atoms with E-state index in [2.05, 4.69) is 5.32 Å². The van der Waals surface area contributed by atoms with Crippen molar-refractivity contribution in [3.63, 3.8) is 0 Å². The predicted molar refractivity (Wildman–Crippen MR) is 93.3 cm³/mol. The normalized spacial score (nSPS) is 17.7. The van der Waals surface area contributed by atoms with Crippen LogP contribution in [-0.4, -0.2) is 50.3 Å². The van der Waals surface area contributed by atoms with Crippen LogP contribution in [0.1, 0.15) is 31.9 Å². The van der Waals surface area contributed by atoms with E-state index in [-0.39, 0.29) is 30.5 Å². The SMILES string of the molecule is COc1ccccc1C1CNCCN1C(=O)CCOC(C)C.Cl. The molecule has 6 heteroatoms. The van der Waals surface area contributed by atoms with Gasteiger partial charge in [0.15, 0.2) is 0 Å². The first-order valence-electron chi connectivity index (χ1n) is 7.88. The fourth-order valence-corrected chi connectivity index (χ4v) is 2.75. The van der Waals surface area contributed by atoms with Crippen molar-refractivity contribution in [1.82, 2.24) is 10.2 Å². The first kappa shape index (κ1) is 19.7. The van der Waals surface area contributed by atoms with E-state index in [1.807, 2.05) is 43.0 Å². The number of nitrogens with one attached hydrogen (secondary N) is 1. The van der Waals surface area contributed by atoms with Gasteiger partial charge in [-0.05, 0) is 19.9 Å². The van der Waals surface area contributed by atoms with Gasteiger partial charge in [-0.15, -0.1) is 12.4 Å². The Balaban J connectivity index is 0.00000264. The second kappa shape index (κ2) is 9.75. The van der Waals surface area contributed by atoms with Gasteiger partial charge in [-0.3, -0.25) is 4.79 Å². The molecular weight excluding hydrogens is 316 g/mol. The molecule has 1 atom stereocenters. The Morgan fingerprint density at radius 3 is 2.83 bits per heavy atom. The van der Waals surface area contributed by atoms with Crippen molar-refractivity contribution in [1.29, 1.82) is 0 Å². The predicted octanol–water partition coefficient (Wildman–Crippen LogP) is 2.41. The number of carbonyl (C=O) groups is 1. The van der Waals surface area contributed by atoms with E-state index in [1.165, 1.54) is 0 Å². The summed E-state index contributed by atoms with van der Waals surface area (Å²) in [6.45, 7) is 6.71. The van der Waals surface area contributed by atoms with E-state index in [1.54, 1.807) is 7.11 Å². The average Bonchev–Trinajstić information content (AvgIpc) is 2.54. The Morgan fingerprint density at radius 2 is 2.13 bits per heavy atom. The van der Waals surface area contributed by atoms with Crippen molar-refractivity contribution in [3.8, 4) is 5.75 Å². The van der Waals surface area contributed by atoms with Gasteiger partial charge in [-0.2, -0.15) is 0 Å². The molecule has 130 valence electrons. The second-order valence-electron chi connectivity index (χ2n) is 5.72. The number of carbonyl (C=O) groups excluding carboxylic acids is 1. The van der Waals surface area contributed by atoms with Gasteiger partial charge in [-0.1, -0.05) is 18.2 Å². The Kier molecular flexibility index (Phi) is 8.37. The number of hydrogen-bond acceptors (Lipinski definition) is 4. The van der Waals surface area contributed by atoms with Crippen LogP contribution in [0.25, 0.3) is 0 Å². The number of amides is 1. The minimum atomic E-state index is 0. The zero-order chi connectivity index (χ0) is 15.9. The molecule has 0 saturated carbocycles. The summed E-state index contributed by atoms with van der Waals surface area (Å²) < 4.78 is 11.0. The van der Waals surface area contributed by atoms with Crippen molar-refractivity contribution in [2.45, 2.75) is 32.4 Å². The molecule has 1 saturated heterocycles. The van der Waals surface area contributed by atoms with Crippen LogP contribution in [0.3, 0.4) is 0 Å². The molecule has 1 aromatic rings. The summed E-state index contributed by atoms with van der Waals surface area (Å²) in [6, 6.07) is 7.91. The van der Waals surface area contributed by atoms with E-state index in [0.29, 0.717) is 19.6 Å². The van der Waals surface area contributed by atoms with E-state index >= 15 is 0 Å². The van der Waals surface area contributed by atoms with Crippen molar-refractivity contribution in [3.05, 3.63) is 29.8 Å². The molecule has 0 aliphatic carbocycles. The number of halogens is 1. The van der Waals surface area contributed by atoms with Gasteiger partial charge in [0.25, 0.3) is 0 Å². The molecule has 1 heterocycles. The van der Waals surface area contributed by atoms with Gasteiger partial charge in [0.1, 0.15) is 5.75 Å². The van der Waals surface area contributed by atoms with Gasteiger partial charge in [0.05, 0.1) is 32.3 Å². The fourth-order valence-electron chi connectivity index (χ4n) is 2.75. The molecule has 1 unspecified atom stereocenters. The summed E-state index contributed by atoms with van der Waals surface area (Å²) in [7, 11) is 1.66. The van der Waals surface area contributed by atoms with E-state index in [9.17, 15) is 4.79 Å². The van der Waals surface area contributed by atoms with Gasteiger partial charge < -0.3 is 19.7 Å². The van der Waals surface area contributed by atoms with Crippen molar-refractivity contribution < 1.29 is 14.3 Å². The lowest BCUT2D eigenvalue weighted by Gasteiger charge is -2.37. The maximum Gasteiger partial charge on any atom is 0.225 e. The largest absolute Gasteiger partial charge is 0.496 e. The number of ether oxygens (including phenoxy) is 2. The summed E-state index contributed by atoms with van der Waals surface area (Å²) in [4.78, 5) is 14.5. The number of methoxy groups -OCH3 is 1. The topological polar surface area (TPSA) is 50.8 Å². The third-order valence-corrected chi connectivity index (χ3v) is 3.83. The quantitative estimate of drug-likeness (QED) is 0.862. The smallest absolute Gasteiger partial charge is 0.225 e. The first-order chi connectivity index (χ1) is 10.6. The standard InChI is InChI=1S/C17H26N2O3.ClH/c1-13(2)22-11-8-17(20)19-10-9-18-12-15(19)14-6-4-5-7-16(14)21-3;/h4-7,13,15,18H,8-12H2,1-3H3;1H. The maximum atomic E-state index is 12.5. The monoisotopic (exact) mass is 342 g/mol. The highest BCUT2D eigenvalue weighted by atomic mass is 35.5. The molecule has 5 nitrogen and oxygen atoms in total. The van der Waals surface area contributed by atoms with Crippen LogP contribution >= 0.6 is 12.4 Å². The molecule has 1 amide bonds. The van der Waals surface area contributed by atoms with Crippen LogP contribution in [0, 0.1) is 0 Å². The van der Waals surface area contributed by atoms with Gasteiger partial charge in [0.2, 0.25) is 5.91 Å². The van der Waals surface area contributed by atoms with Crippen LogP contribution in [0.2, 0.25) is 0 Å². The molecular formula is C17H27ClN2O3. The molecule has 1 aromatic carbocycles. The highest BCUT2D eigenvalue weighted by molar-refractivity contribution is 5.85. The number of rotatable bonds is 6. The van der Waals surface area contributed by atoms with E-state index in [4.69, 9.17) is 9.47 Å². The van der Waals surface area contributed by atoms with Crippen molar-refractivity contribution in [2.24, 2.45) is 0 Å². The minimum Gasteiger partial charge on any atom is -0.496 e. The van der Waals surface area contributed by atoms with E-state index < -0.39 is 0 Å². The van der Waals surface area contributed by atoms with Crippen LogP contribution in [-0.2, 0) is 9.53 Å². The van der Waals surface area contributed by atoms with Crippen LogP contribution in [0.4, 0.5) is 0 Å². The molecule has 0 bridgehead atoms. The number of piperazine rings is 1. The molecule has 23 heavy (non-hydrogen) atoms. The lowest BCUT2D eigenvalue weighted by atomic mass is 10.0. The van der Waals surface area contributed by atoms with Crippen molar-refractivity contribution >= 4 is 18.3 Å². The third-order valence-electron chi connectivity index (χ3n) is 3.83. The Hall–Kier alpha value is -1.30. The molecule has 1 N–H and O–H groups in total. The molecule has 0 aromatic heterocycles. The number of hydrogen-bond donors (Lipinski definition) is 1. The first-order valence-corrected chi connectivity index (χ1v) is 7.88. The molecule has 0 spiro atoms. The summed E-state index contributed by atoms with van der Waals surface area (Å²) >= 11 is 0. The number of para-hydroxylation sites is 1. The van der Waals surface area contributed by atoms with Gasteiger partial charge in [-0.25, -0.2) is 0 Å². The molecule has 1 fully saturated rings. The van der Waals surface area contributed by atoms with Crippen LogP contribution < -0.4 is 10.1 Å². The third kappa shape index (κ3) is 5.37. The lowest BCUT2D eigenvalue weighted by Crippen LogP contribution is -2.49. The Morgan fingerprint density at radius 1 is 1.39 bits per heavy atom. The summed E-state index contributed by atoms with van der Waals surface area (Å²) in [5, 5.41) is 3.36. The molecule has 1 aliphatic rings. The fraction of sp³-hybridized carbons (Fsp3) is 0.588. The highest BCUT2D eigenvalue weighted by Crippen LogP contribution is 2.30. The Labute approximate surface area is 144 Å². The van der Waals surface area contributed by atoms with Crippen LogP contribution in [0.15, 0.2) is 24.3 Å². The van der Waals surface area contributed by atoms with Crippen molar-refractivity contribution in [2.75, 3.05) is 33.4 Å². The second-order valence-corrected chi connectivity index (χ2v) is 5.72. The molecule has 2 rings (SSSR count). The van der Waals surface area contributed by atoms with Gasteiger partial charge >= 0.3 is 0 Å². The van der Waals surface area contributed by atoms with Gasteiger partial charge in [0, 0.05) is 25.2 Å².